The van der Waals surface area contributed by atoms with Crippen LogP contribution < -0.4 is 10.2 Å². The molecule has 9 heteroatoms. The minimum Gasteiger partial charge on any atom is -0.353 e. The Hall–Kier alpha value is -1.45. The number of nitrogens with zero attached hydrogens (tertiary/aromatic N) is 2. The summed E-state index contributed by atoms with van der Waals surface area (Å²) in [5.41, 5.74) is 1.65. The second kappa shape index (κ2) is 10.0. The number of benzene rings is 1. The van der Waals surface area contributed by atoms with Gasteiger partial charge in [-0.1, -0.05) is 26.7 Å². The lowest BCUT2D eigenvalue weighted by molar-refractivity contribution is -0.127. The van der Waals surface area contributed by atoms with Crippen LogP contribution >= 0.6 is 15.9 Å². The van der Waals surface area contributed by atoms with E-state index in [-0.39, 0.29) is 35.2 Å². The number of nitrogens with one attached hydrogen (secondary N) is 1. The maximum Gasteiger partial charge on any atom is 0.244 e. The van der Waals surface area contributed by atoms with Gasteiger partial charge in [-0.2, -0.15) is 4.31 Å². The first-order valence-electron chi connectivity index (χ1n) is 12.2. The molecule has 1 N–H and O–H groups in total. The van der Waals surface area contributed by atoms with E-state index in [0.29, 0.717) is 54.9 Å². The van der Waals surface area contributed by atoms with E-state index >= 15 is 0 Å². The topological polar surface area (TPSA) is 86.8 Å². The number of amides is 2. The zero-order chi connectivity index (χ0) is 23.8. The summed E-state index contributed by atoms with van der Waals surface area (Å²) < 4.78 is 29.2. The van der Waals surface area contributed by atoms with Gasteiger partial charge in [0.25, 0.3) is 0 Å². The van der Waals surface area contributed by atoms with Crippen molar-refractivity contribution in [3.05, 3.63) is 22.2 Å². The second-order valence-corrected chi connectivity index (χ2v) is 12.4. The van der Waals surface area contributed by atoms with E-state index in [1.165, 1.54) is 10.7 Å². The van der Waals surface area contributed by atoms with Crippen LogP contribution in [0.15, 0.2) is 21.5 Å². The fraction of sp³-hybridized carbons (Fsp3) is 0.667. The highest BCUT2D eigenvalue weighted by atomic mass is 79.9. The molecule has 0 bridgehead atoms. The van der Waals surface area contributed by atoms with Gasteiger partial charge in [-0.15, -0.1) is 0 Å². The van der Waals surface area contributed by atoms with Gasteiger partial charge in [0.05, 0.1) is 10.8 Å². The van der Waals surface area contributed by atoms with Crippen LogP contribution in [0.2, 0.25) is 0 Å². The van der Waals surface area contributed by atoms with Gasteiger partial charge in [0, 0.05) is 42.3 Å². The van der Waals surface area contributed by atoms with Gasteiger partial charge in [0.2, 0.25) is 21.8 Å². The number of fused-ring (bicyclic) bond motifs is 1. The fourth-order valence-electron chi connectivity index (χ4n) is 5.38. The fourth-order valence-corrected chi connectivity index (χ4v) is 7.97. The number of hydrogen-bond donors (Lipinski definition) is 1. The highest BCUT2D eigenvalue weighted by molar-refractivity contribution is 9.10. The lowest BCUT2D eigenvalue weighted by atomic mass is 9.85. The van der Waals surface area contributed by atoms with Gasteiger partial charge in [-0.25, -0.2) is 8.42 Å². The second-order valence-electron chi connectivity index (χ2n) is 9.64. The first-order valence-corrected chi connectivity index (χ1v) is 14.4. The van der Waals surface area contributed by atoms with Gasteiger partial charge in [-0.05, 0) is 71.6 Å². The standard InChI is InChI=1S/C24H34BrN3O4S/c1-3-23(29)28-12-10-17-13-19(25)22(14-21(17)28)33(31,32)27-11-6-8-18(15-27)24(30)26-20-9-5-4-7-16(20)2/h13-14,16,18,20H,3-12,15H2,1-2H3,(H,26,30)/t16-,18+,20-/m1/s1. The van der Waals surface area contributed by atoms with Crippen LogP contribution in [0, 0.1) is 11.8 Å². The van der Waals surface area contributed by atoms with E-state index in [4.69, 9.17) is 0 Å². The average molecular weight is 541 g/mol. The molecule has 0 spiro atoms. The molecule has 1 aromatic rings. The van der Waals surface area contributed by atoms with Crippen molar-refractivity contribution in [3.63, 3.8) is 0 Å². The number of rotatable bonds is 5. The van der Waals surface area contributed by atoms with Crippen molar-refractivity contribution in [2.45, 2.75) is 76.2 Å². The van der Waals surface area contributed by atoms with E-state index in [1.54, 1.807) is 11.0 Å². The lowest BCUT2D eigenvalue weighted by Gasteiger charge is -2.34. The molecule has 2 heterocycles. The number of carbonyl (C=O) groups is 2. The van der Waals surface area contributed by atoms with Crippen LogP contribution in [0.25, 0.3) is 0 Å². The molecule has 1 saturated carbocycles. The minimum absolute atomic E-state index is 0.00827. The van der Waals surface area contributed by atoms with Crippen LogP contribution in [-0.4, -0.2) is 50.2 Å². The number of carbonyl (C=O) groups excluding carboxylic acids is 2. The highest BCUT2D eigenvalue weighted by Crippen LogP contribution is 2.37. The smallest absolute Gasteiger partial charge is 0.244 e. The van der Waals surface area contributed by atoms with Gasteiger partial charge in [-0.3, -0.25) is 9.59 Å². The molecule has 2 amide bonds. The molecule has 3 aliphatic rings. The number of hydrogen-bond acceptors (Lipinski definition) is 4. The summed E-state index contributed by atoms with van der Waals surface area (Å²) in [6.45, 7) is 5.15. The van der Waals surface area contributed by atoms with Gasteiger partial charge in [0.1, 0.15) is 0 Å². The number of piperidine rings is 1. The summed E-state index contributed by atoms with van der Waals surface area (Å²) in [7, 11) is -3.81. The van der Waals surface area contributed by atoms with Crippen LogP contribution in [0.4, 0.5) is 5.69 Å². The quantitative estimate of drug-likeness (QED) is 0.615. The Morgan fingerprint density at radius 3 is 2.61 bits per heavy atom. The van der Waals surface area contributed by atoms with Crippen molar-refractivity contribution in [3.8, 4) is 0 Å². The monoisotopic (exact) mass is 539 g/mol. The van der Waals surface area contributed by atoms with Crippen molar-refractivity contribution in [2.75, 3.05) is 24.5 Å². The Labute approximate surface area is 205 Å². The van der Waals surface area contributed by atoms with Crippen molar-refractivity contribution in [2.24, 2.45) is 11.8 Å². The zero-order valence-corrected chi connectivity index (χ0v) is 21.9. The van der Waals surface area contributed by atoms with E-state index in [9.17, 15) is 18.0 Å². The van der Waals surface area contributed by atoms with Crippen LogP contribution in [0.3, 0.4) is 0 Å². The molecular weight excluding hydrogens is 506 g/mol. The summed E-state index contributed by atoms with van der Waals surface area (Å²) in [6, 6.07) is 3.64. The number of anilines is 1. The normalized spacial score (nSPS) is 26.2. The maximum atomic E-state index is 13.6. The Kier molecular flexibility index (Phi) is 7.50. The number of halogens is 1. The van der Waals surface area contributed by atoms with Crippen molar-refractivity contribution in [1.29, 1.82) is 0 Å². The van der Waals surface area contributed by atoms with E-state index in [1.807, 2.05) is 13.0 Å². The molecule has 4 rings (SSSR count). The zero-order valence-electron chi connectivity index (χ0n) is 19.5. The predicted molar refractivity (Wildman–Crippen MR) is 132 cm³/mol. The van der Waals surface area contributed by atoms with E-state index < -0.39 is 10.0 Å². The molecule has 1 aliphatic carbocycles. The molecule has 2 fully saturated rings. The summed E-state index contributed by atoms with van der Waals surface area (Å²) in [4.78, 5) is 27.2. The molecule has 2 aliphatic heterocycles. The largest absolute Gasteiger partial charge is 0.353 e. The molecule has 182 valence electrons. The van der Waals surface area contributed by atoms with Crippen LogP contribution in [0.1, 0.15) is 64.4 Å². The first-order chi connectivity index (χ1) is 15.7. The summed E-state index contributed by atoms with van der Waals surface area (Å²) in [6.07, 6.45) is 6.90. The van der Waals surface area contributed by atoms with Crippen molar-refractivity contribution in [1.82, 2.24) is 9.62 Å². The molecule has 7 nitrogen and oxygen atoms in total. The average Bonchev–Trinajstić information content (AvgIpc) is 3.22. The van der Waals surface area contributed by atoms with Crippen molar-refractivity contribution < 1.29 is 18.0 Å². The number of sulfonamides is 1. The van der Waals surface area contributed by atoms with Crippen LogP contribution in [0.5, 0.6) is 0 Å². The van der Waals surface area contributed by atoms with Crippen molar-refractivity contribution >= 4 is 43.5 Å². The van der Waals surface area contributed by atoms with Gasteiger partial charge >= 0.3 is 0 Å². The van der Waals surface area contributed by atoms with E-state index in [0.717, 1.165) is 24.8 Å². The Bertz CT molecular complexity index is 1030. The highest BCUT2D eigenvalue weighted by Gasteiger charge is 2.37. The lowest BCUT2D eigenvalue weighted by Crippen LogP contribution is -2.49. The molecule has 3 atom stereocenters. The van der Waals surface area contributed by atoms with E-state index in [2.05, 4.69) is 28.2 Å². The third-order valence-electron chi connectivity index (χ3n) is 7.44. The SMILES string of the molecule is CCC(=O)N1CCc2cc(Br)c(S(=O)(=O)N3CCC[C@H](C(=O)N[C@@H]4CCCC[C@H]4C)C3)cc21. The first kappa shape index (κ1) is 24.7. The summed E-state index contributed by atoms with van der Waals surface area (Å²) in [5.74, 6) is 0.0868. The predicted octanol–water partition coefficient (Wildman–Crippen LogP) is 3.84. The third kappa shape index (κ3) is 5.00. The molecule has 1 saturated heterocycles. The third-order valence-corrected chi connectivity index (χ3v) is 10.3. The minimum atomic E-state index is -3.81. The molecule has 33 heavy (non-hydrogen) atoms. The molecule has 0 aromatic heterocycles. The Morgan fingerprint density at radius 1 is 1.12 bits per heavy atom. The van der Waals surface area contributed by atoms with Gasteiger partial charge < -0.3 is 10.2 Å². The molecule has 0 unspecified atom stereocenters. The van der Waals surface area contributed by atoms with Gasteiger partial charge in [0.15, 0.2) is 0 Å². The molecule has 0 radical (unpaired) electrons. The van der Waals surface area contributed by atoms with Crippen LogP contribution in [-0.2, 0) is 26.0 Å². The summed E-state index contributed by atoms with van der Waals surface area (Å²) in [5, 5.41) is 3.21. The summed E-state index contributed by atoms with van der Waals surface area (Å²) >= 11 is 3.45. The molecular formula is C24H34BrN3O4S. The molecule has 1 aromatic carbocycles. The Morgan fingerprint density at radius 2 is 1.88 bits per heavy atom. The maximum absolute atomic E-state index is 13.6. The Balaban J connectivity index is 1.52.